The van der Waals surface area contributed by atoms with E-state index in [2.05, 4.69) is 28.3 Å². The van der Waals surface area contributed by atoms with Crippen molar-refractivity contribution in [2.75, 3.05) is 18.4 Å². The van der Waals surface area contributed by atoms with E-state index in [1.807, 2.05) is 18.2 Å². The molecule has 0 saturated carbocycles. The molecule has 4 rings (SSSR count). The summed E-state index contributed by atoms with van der Waals surface area (Å²) in [5, 5.41) is 8.99. The summed E-state index contributed by atoms with van der Waals surface area (Å²) in [4.78, 5) is 7.83. The van der Waals surface area contributed by atoms with Gasteiger partial charge in [-0.1, -0.05) is 35.3 Å². The number of nitrogens with zero attached hydrogens (tertiary/aromatic N) is 4. The fourth-order valence-corrected chi connectivity index (χ4v) is 4.64. The van der Waals surface area contributed by atoms with E-state index in [0.717, 1.165) is 35.9 Å². The molecule has 134 valence electrons. The van der Waals surface area contributed by atoms with Gasteiger partial charge >= 0.3 is 0 Å². The van der Waals surface area contributed by atoms with Crippen molar-refractivity contribution in [3.05, 3.63) is 56.6 Å². The molecular formula is C20H22ClN5. The number of halogens is 1. The molecule has 0 fully saturated rings. The van der Waals surface area contributed by atoms with Crippen LogP contribution in [0.4, 0.5) is 5.69 Å². The molecular weight excluding hydrogens is 346 g/mol. The normalized spacial score (nSPS) is 20.9. The molecule has 0 saturated heterocycles. The van der Waals surface area contributed by atoms with Gasteiger partial charge in [0, 0.05) is 45.4 Å². The van der Waals surface area contributed by atoms with E-state index in [-0.39, 0.29) is 0 Å². The molecule has 6 heteroatoms. The average molecular weight is 368 g/mol. The van der Waals surface area contributed by atoms with Gasteiger partial charge in [-0.3, -0.25) is 4.98 Å². The van der Waals surface area contributed by atoms with Crippen LogP contribution in [0.15, 0.2) is 35.0 Å². The molecule has 2 unspecified atom stereocenters. The molecule has 2 bridgehead atoms. The van der Waals surface area contributed by atoms with Crippen LogP contribution in [0, 0.1) is 5.92 Å². The Bertz CT molecular complexity index is 929. The van der Waals surface area contributed by atoms with Crippen molar-refractivity contribution in [1.29, 1.82) is 0 Å². The van der Waals surface area contributed by atoms with Crippen LogP contribution in [0.1, 0.15) is 43.4 Å². The Morgan fingerprint density at radius 1 is 1.38 bits per heavy atom. The van der Waals surface area contributed by atoms with Crippen molar-refractivity contribution in [1.82, 2.24) is 4.98 Å². The van der Waals surface area contributed by atoms with E-state index >= 15 is 0 Å². The second-order valence-corrected chi connectivity index (χ2v) is 7.61. The molecule has 1 heterocycles. The Hall–Kier alpha value is -2.23. The van der Waals surface area contributed by atoms with Crippen molar-refractivity contribution >= 4 is 28.2 Å². The number of benzene rings is 1. The lowest BCUT2D eigenvalue weighted by molar-refractivity contribution is 0.429. The lowest BCUT2D eigenvalue weighted by atomic mass is 9.70. The Kier molecular flexibility index (Phi) is 4.75. The summed E-state index contributed by atoms with van der Waals surface area (Å²) in [6, 6.07) is 5.90. The third-order valence-corrected chi connectivity index (χ3v) is 5.76. The molecule has 0 amide bonds. The lowest BCUT2D eigenvalue weighted by Crippen LogP contribution is -2.25. The summed E-state index contributed by atoms with van der Waals surface area (Å²) in [5.41, 5.74) is 14.7. The van der Waals surface area contributed by atoms with Gasteiger partial charge in [0.05, 0.1) is 5.52 Å². The number of hydrogen-bond acceptors (Lipinski definition) is 3. The summed E-state index contributed by atoms with van der Waals surface area (Å²) in [6.07, 6.45) is 6.90. The number of nitrogens with one attached hydrogen (secondary N) is 1. The number of allylic oxidation sites excluding steroid dienone is 2. The van der Waals surface area contributed by atoms with Gasteiger partial charge in [0.1, 0.15) is 0 Å². The van der Waals surface area contributed by atoms with E-state index in [0.29, 0.717) is 29.9 Å². The first-order chi connectivity index (χ1) is 12.7. The summed E-state index contributed by atoms with van der Waals surface area (Å²) in [5.74, 6) is 1.11. The first-order valence-electron chi connectivity index (χ1n) is 9.26. The third-order valence-electron chi connectivity index (χ3n) is 5.53. The predicted molar refractivity (Wildman–Crippen MR) is 107 cm³/mol. The molecule has 1 aromatic carbocycles. The highest BCUT2D eigenvalue weighted by Crippen LogP contribution is 2.48. The first-order valence-corrected chi connectivity index (χ1v) is 9.63. The molecule has 2 atom stereocenters. The van der Waals surface area contributed by atoms with E-state index in [9.17, 15) is 0 Å². The summed E-state index contributed by atoms with van der Waals surface area (Å²) in [7, 11) is 0. The number of aromatic nitrogens is 1. The van der Waals surface area contributed by atoms with Crippen LogP contribution in [0.2, 0.25) is 5.02 Å². The van der Waals surface area contributed by atoms with Crippen molar-refractivity contribution in [2.24, 2.45) is 11.0 Å². The van der Waals surface area contributed by atoms with Gasteiger partial charge in [-0.05, 0) is 61.2 Å². The molecule has 2 aliphatic carbocycles. The van der Waals surface area contributed by atoms with E-state index in [1.54, 1.807) is 5.57 Å². The quantitative estimate of drug-likeness (QED) is 0.231. The zero-order valence-corrected chi connectivity index (χ0v) is 15.6. The standard InChI is InChI=1S/C20H22ClN5/c1-2-12-7-13-9-14(8-12)19-18(10-13)25-17-11-15(21)3-4-16(17)20(19)23-5-6-24-26-22/h3-4,7,11,13-14H,2,5-6,8-10H2,1H3,(H,23,25). The maximum Gasteiger partial charge on any atom is 0.0741 e. The Balaban J connectivity index is 1.82. The Morgan fingerprint density at radius 2 is 2.27 bits per heavy atom. The van der Waals surface area contributed by atoms with Gasteiger partial charge in [0.25, 0.3) is 0 Å². The number of hydrogen-bond donors (Lipinski definition) is 1. The van der Waals surface area contributed by atoms with Crippen LogP contribution in [0.5, 0.6) is 0 Å². The zero-order chi connectivity index (χ0) is 18.1. The molecule has 2 aromatic rings. The van der Waals surface area contributed by atoms with Crippen LogP contribution < -0.4 is 5.32 Å². The van der Waals surface area contributed by atoms with E-state index < -0.39 is 0 Å². The van der Waals surface area contributed by atoms with Gasteiger partial charge in [0.2, 0.25) is 0 Å². The summed E-state index contributed by atoms with van der Waals surface area (Å²) < 4.78 is 0. The second kappa shape index (κ2) is 7.18. The molecule has 1 aromatic heterocycles. The fraction of sp³-hybridized carbons (Fsp3) is 0.450. The van der Waals surface area contributed by atoms with Crippen molar-refractivity contribution in [2.45, 2.75) is 38.5 Å². The predicted octanol–water partition coefficient (Wildman–Crippen LogP) is 6.00. The maximum absolute atomic E-state index is 8.53. The van der Waals surface area contributed by atoms with Crippen molar-refractivity contribution in [3.63, 3.8) is 0 Å². The van der Waals surface area contributed by atoms with Crippen LogP contribution in [0.25, 0.3) is 21.3 Å². The largest absolute Gasteiger partial charge is 0.384 e. The smallest absolute Gasteiger partial charge is 0.0741 e. The van der Waals surface area contributed by atoms with Gasteiger partial charge in [-0.25, -0.2) is 0 Å². The van der Waals surface area contributed by atoms with Gasteiger partial charge in [-0.2, -0.15) is 0 Å². The number of anilines is 1. The van der Waals surface area contributed by atoms with Crippen LogP contribution in [-0.2, 0) is 6.42 Å². The van der Waals surface area contributed by atoms with Crippen LogP contribution in [-0.4, -0.2) is 18.1 Å². The third kappa shape index (κ3) is 3.13. The molecule has 5 nitrogen and oxygen atoms in total. The van der Waals surface area contributed by atoms with Crippen LogP contribution in [0.3, 0.4) is 0 Å². The zero-order valence-electron chi connectivity index (χ0n) is 14.9. The van der Waals surface area contributed by atoms with Gasteiger partial charge in [0.15, 0.2) is 0 Å². The number of fused-ring (bicyclic) bond motifs is 5. The highest BCUT2D eigenvalue weighted by molar-refractivity contribution is 6.31. The maximum atomic E-state index is 8.53. The minimum absolute atomic E-state index is 0.427. The molecule has 26 heavy (non-hydrogen) atoms. The van der Waals surface area contributed by atoms with Gasteiger partial charge < -0.3 is 5.32 Å². The molecule has 0 aliphatic heterocycles. The first kappa shape index (κ1) is 17.2. The lowest BCUT2D eigenvalue weighted by Gasteiger charge is -2.36. The van der Waals surface area contributed by atoms with E-state index in [1.165, 1.54) is 17.7 Å². The minimum atomic E-state index is 0.427. The number of rotatable bonds is 5. The van der Waals surface area contributed by atoms with Crippen molar-refractivity contribution in [3.8, 4) is 0 Å². The number of pyridine rings is 1. The van der Waals surface area contributed by atoms with E-state index in [4.69, 9.17) is 22.1 Å². The highest BCUT2D eigenvalue weighted by Gasteiger charge is 2.33. The average Bonchev–Trinajstić information content (AvgIpc) is 2.63. The molecule has 0 spiro atoms. The van der Waals surface area contributed by atoms with Crippen molar-refractivity contribution < 1.29 is 0 Å². The molecule has 0 radical (unpaired) electrons. The Morgan fingerprint density at radius 3 is 3.08 bits per heavy atom. The highest BCUT2D eigenvalue weighted by atomic mass is 35.5. The van der Waals surface area contributed by atoms with Gasteiger partial charge in [-0.15, -0.1) is 0 Å². The summed E-state index contributed by atoms with van der Waals surface area (Å²) >= 11 is 6.21. The topological polar surface area (TPSA) is 73.7 Å². The second-order valence-electron chi connectivity index (χ2n) is 7.17. The molecule has 1 N–H and O–H groups in total. The molecule has 2 aliphatic rings. The van der Waals surface area contributed by atoms with Crippen LogP contribution >= 0.6 is 11.6 Å². The summed E-state index contributed by atoms with van der Waals surface area (Å²) in [6.45, 7) is 3.29. The monoisotopic (exact) mass is 367 g/mol. The number of azide groups is 1. The minimum Gasteiger partial charge on any atom is -0.384 e. The Labute approximate surface area is 158 Å². The SMILES string of the molecule is CCC1=CC2Cc3nc4cc(Cl)ccc4c(NCCN=[N+]=[N-])c3C(C1)C2. The fourth-order valence-electron chi connectivity index (χ4n) is 4.47.